The molecule has 3 rings (SSSR count). The molecule has 0 amide bonds. The fourth-order valence-corrected chi connectivity index (χ4v) is 5.55. The van der Waals surface area contributed by atoms with Crippen molar-refractivity contribution in [3.05, 3.63) is 53.4 Å². The number of rotatable bonds is 4. The molecule has 1 aromatic carbocycles. The molecule has 3 atom stereocenters. The van der Waals surface area contributed by atoms with Gasteiger partial charge in [-0.3, -0.25) is 0 Å². The van der Waals surface area contributed by atoms with Crippen LogP contribution < -0.4 is 5.73 Å². The topological polar surface area (TPSA) is 26.0 Å². The first-order chi connectivity index (χ1) is 9.86. The molecule has 2 N–H and O–H groups in total. The van der Waals surface area contributed by atoms with E-state index in [4.69, 9.17) is 5.73 Å². The predicted molar refractivity (Wildman–Crippen MR) is 89.5 cm³/mol. The van der Waals surface area contributed by atoms with Gasteiger partial charge >= 0.3 is 0 Å². The number of thioether (sulfide) groups is 1. The summed E-state index contributed by atoms with van der Waals surface area (Å²) in [6.45, 7) is 0.824. The van der Waals surface area contributed by atoms with Crippen LogP contribution in [0.15, 0.2) is 52.1 Å². The minimum Gasteiger partial charge on any atom is -0.330 e. The van der Waals surface area contributed by atoms with Crippen LogP contribution in [0.4, 0.5) is 0 Å². The highest BCUT2D eigenvalue weighted by atomic mass is 32.2. The third-order valence-electron chi connectivity index (χ3n) is 4.26. The van der Waals surface area contributed by atoms with Crippen molar-refractivity contribution in [2.24, 2.45) is 11.7 Å². The smallest absolute Gasteiger partial charge is 0.0601 e. The summed E-state index contributed by atoms with van der Waals surface area (Å²) in [6, 6.07) is 15.3. The van der Waals surface area contributed by atoms with Crippen LogP contribution in [0.2, 0.25) is 0 Å². The molecule has 1 nitrogen and oxygen atoms in total. The highest BCUT2D eigenvalue weighted by Gasteiger charge is 2.31. The van der Waals surface area contributed by atoms with Crippen LogP contribution in [0.3, 0.4) is 0 Å². The average Bonchev–Trinajstić information content (AvgIpc) is 3.01. The van der Waals surface area contributed by atoms with E-state index >= 15 is 0 Å². The van der Waals surface area contributed by atoms with Crippen molar-refractivity contribution in [2.75, 3.05) is 6.54 Å². The number of benzene rings is 1. The van der Waals surface area contributed by atoms with Crippen LogP contribution in [0.5, 0.6) is 0 Å². The van der Waals surface area contributed by atoms with Gasteiger partial charge in [0.15, 0.2) is 0 Å². The quantitative estimate of drug-likeness (QED) is 0.882. The molecule has 1 aliphatic carbocycles. The molecule has 3 unspecified atom stereocenters. The summed E-state index contributed by atoms with van der Waals surface area (Å²) in [4.78, 5) is 0. The highest BCUT2D eigenvalue weighted by Crippen LogP contribution is 2.44. The standard InChI is InChI=1S/C17H21NS2/c18-12-15-9-8-14(13-5-2-1-3-6-13)11-16(15)20-17-7-4-10-19-17/h1-7,10,14-16H,8-9,11-12,18H2. The van der Waals surface area contributed by atoms with E-state index in [2.05, 4.69) is 47.8 Å². The van der Waals surface area contributed by atoms with E-state index in [1.807, 2.05) is 23.1 Å². The van der Waals surface area contributed by atoms with Crippen LogP contribution in [0.1, 0.15) is 30.7 Å². The lowest BCUT2D eigenvalue weighted by Gasteiger charge is -2.35. The number of nitrogens with two attached hydrogens (primary N) is 1. The first kappa shape index (κ1) is 14.2. The summed E-state index contributed by atoms with van der Waals surface area (Å²) in [7, 11) is 0. The molecular weight excluding hydrogens is 282 g/mol. The lowest BCUT2D eigenvalue weighted by atomic mass is 9.78. The summed E-state index contributed by atoms with van der Waals surface area (Å²) in [5.74, 6) is 1.37. The van der Waals surface area contributed by atoms with Crippen molar-refractivity contribution >= 4 is 23.1 Å². The minimum absolute atomic E-state index is 0.664. The maximum absolute atomic E-state index is 6.00. The molecule has 20 heavy (non-hydrogen) atoms. The Bertz CT molecular complexity index is 509. The molecule has 0 aliphatic heterocycles. The Morgan fingerprint density at radius 3 is 2.65 bits per heavy atom. The number of hydrogen-bond donors (Lipinski definition) is 1. The summed E-state index contributed by atoms with van der Waals surface area (Å²) in [6.07, 6.45) is 3.81. The molecule has 0 spiro atoms. The van der Waals surface area contributed by atoms with Gasteiger partial charge in [-0.1, -0.05) is 36.4 Å². The average molecular weight is 303 g/mol. The zero-order valence-corrected chi connectivity index (χ0v) is 13.2. The van der Waals surface area contributed by atoms with Gasteiger partial charge in [-0.05, 0) is 54.7 Å². The van der Waals surface area contributed by atoms with Crippen molar-refractivity contribution < 1.29 is 0 Å². The van der Waals surface area contributed by atoms with Crippen LogP contribution in [-0.2, 0) is 0 Å². The Kier molecular flexibility index (Phi) is 4.81. The van der Waals surface area contributed by atoms with Crippen LogP contribution in [-0.4, -0.2) is 11.8 Å². The van der Waals surface area contributed by atoms with Crippen LogP contribution >= 0.6 is 23.1 Å². The first-order valence-electron chi connectivity index (χ1n) is 7.32. The summed E-state index contributed by atoms with van der Waals surface area (Å²) < 4.78 is 1.43. The Morgan fingerprint density at radius 2 is 1.95 bits per heavy atom. The van der Waals surface area contributed by atoms with E-state index in [0.717, 1.165) is 6.54 Å². The van der Waals surface area contributed by atoms with Crippen molar-refractivity contribution in [1.29, 1.82) is 0 Å². The van der Waals surface area contributed by atoms with Gasteiger partial charge in [-0.15, -0.1) is 23.1 Å². The molecule has 3 heteroatoms. The predicted octanol–water partition coefficient (Wildman–Crippen LogP) is 4.75. The molecule has 0 bridgehead atoms. The molecule has 1 aromatic heterocycles. The molecule has 0 saturated heterocycles. The van der Waals surface area contributed by atoms with Crippen molar-refractivity contribution in [2.45, 2.75) is 34.6 Å². The monoisotopic (exact) mass is 303 g/mol. The van der Waals surface area contributed by atoms with E-state index < -0.39 is 0 Å². The van der Waals surface area contributed by atoms with Gasteiger partial charge in [-0.2, -0.15) is 0 Å². The van der Waals surface area contributed by atoms with E-state index in [0.29, 0.717) is 17.1 Å². The largest absolute Gasteiger partial charge is 0.330 e. The van der Waals surface area contributed by atoms with Gasteiger partial charge < -0.3 is 5.73 Å². The molecule has 0 radical (unpaired) electrons. The molecule has 1 aliphatic rings. The summed E-state index contributed by atoms with van der Waals surface area (Å²) in [5, 5.41) is 2.83. The Hall–Kier alpha value is -0.770. The fraction of sp³-hybridized carbons (Fsp3) is 0.412. The van der Waals surface area contributed by atoms with Crippen LogP contribution in [0.25, 0.3) is 0 Å². The fourth-order valence-electron chi connectivity index (χ4n) is 3.11. The number of hydrogen-bond acceptors (Lipinski definition) is 3. The zero-order chi connectivity index (χ0) is 13.8. The Balaban J connectivity index is 1.72. The van der Waals surface area contributed by atoms with Crippen LogP contribution in [0, 0.1) is 5.92 Å². The second-order valence-electron chi connectivity index (χ2n) is 5.50. The van der Waals surface area contributed by atoms with E-state index in [1.54, 1.807) is 0 Å². The van der Waals surface area contributed by atoms with Gasteiger partial charge in [0.25, 0.3) is 0 Å². The van der Waals surface area contributed by atoms with Crippen molar-refractivity contribution in [3.63, 3.8) is 0 Å². The van der Waals surface area contributed by atoms with Gasteiger partial charge in [0, 0.05) is 5.25 Å². The Morgan fingerprint density at radius 1 is 1.10 bits per heavy atom. The minimum atomic E-state index is 0.664. The van der Waals surface area contributed by atoms with Crippen molar-refractivity contribution in [1.82, 2.24) is 0 Å². The molecular formula is C17H21NS2. The van der Waals surface area contributed by atoms with Gasteiger partial charge in [0.1, 0.15) is 0 Å². The normalized spacial score (nSPS) is 26.6. The lowest BCUT2D eigenvalue weighted by Crippen LogP contribution is -2.31. The van der Waals surface area contributed by atoms with Gasteiger partial charge in [0.05, 0.1) is 4.21 Å². The second kappa shape index (κ2) is 6.79. The molecule has 106 valence electrons. The third-order valence-corrected chi connectivity index (χ3v) is 6.75. The Labute approximate surface area is 129 Å². The maximum Gasteiger partial charge on any atom is 0.0601 e. The molecule has 1 heterocycles. The third kappa shape index (κ3) is 3.27. The first-order valence-corrected chi connectivity index (χ1v) is 9.08. The van der Waals surface area contributed by atoms with Crippen molar-refractivity contribution in [3.8, 4) is 0 Å². The SMILES string of the molecule is NCC1CCC(c2ccccc2)CC1Sc1cccs1. The van der Waals surface area contributed by atoms with Gasteiger partial charge in [-0.25, -0.2) is 0 Å². The van der Waals surface area contributed by atoms with E-state index in [9.17, 15) is 0 Å². The second-order valence-corrected chi connectivity index (χ2v) is 7.99. The summed E-state index contributed by atoms with van der Waals surface area (Å²) >= 11 is 3.89. The molecule has 1 saturated carbocycles. The van der Waals surface area contributed by atoms with E-state index in [1.165, 1.54) is 29.0 Å². The molecule has 1 fully saturated rings. The zero-order valence-electron chi connectivity index (χ0n) is 11.6. The highest BCUT2D eigenvalue weighted by molar-refractivity contribution is 8.01. The van der Waals surface area contributed by atoms with E-state index in [-0.39, 0.29) is 0 Å². The lowest BCUT2D eigenvalue weighted by molar-refractivity contribution is 0.344. The molecule has 2 aromatic rings. The number of thiophene rings is 1. The maximum atomic E-state index is 6.00. The van der Waals surface area contributed by atoms with Gasteiger partial charge in [0.2, 0.25) is 0 Å². The summed E-state index contributed by atoms with van der Waals surface area (Å²) in [5.41, 5.74) is 7.50.